The largest absolute Gasteiger partial charge is 0.497 e. The Morgan fingerprint density at radius 2 is 1.41 bits per heavy atom. The van der Waals surface area contributed by atoms with E-state index >= 15 is 0 Å². The van der Waals surface area contributed by atoms with Crippen LogP contribution in [0, 0.1) is 0 Å². The van der Waals surface area contributed by atoms with Crippen molar-refractivity contribution in [2.24, 2.45) is 0 Å². The SMILES string of the molecule is COc1ccc(S(=O)(=O)NC(Cc2csc3ccccc23)C(=O)NC(c2ccccc2)c2ccccc2)cc1. The van der Waals surface area contributed by atoms with E-state index in [1.54, 1.807) is 23.5 Å². The Balaban J connectivity index is 1.49. The molecule has 5 rings (SSSR count). The predicted octanol–water partition coefficient (Wildman–Crippen LogP) is 5.71. The van der Waals surface area contributed by atoms with Crippen LogP contribution in [0.5, 0.6) is 5.75 Å². The van der Waals surface area contributed by atoms with E-state index < -0.39 is 28.0 Å². The van der Waals surface area contributed by atoms with Gasteiger partial charge in [-0.15, -0.1) is 11.3 Å². The second kappa shape index (κ2) is 11.8. The standard InChI is InChI=1S/C31H28N2O4S2/c1-37-25-16-18-26(19-17-25)39(35,36)33-28(20-24-21-38-29-15-9-8-14-27(24)29)31(34)32-30(22-10-4-2-5-11-22)23-12-6-3-7-13-23/h2-19,21,28,30,33H,20H2,1H3,(H,32,34). The minimum absolute atomic E-state index is 0.0546. The number of carbonyl (C=O) groups is 1. The number of ether oxygens (including phenoxy) is 1. The number of thiophene rings is 1. The van der Waals surface area contributed by atoms with Crippen LogP contribution in [-0.4, -0.2) is 27.5 Å². The van der Waals surface area contributed by atoms with E-state index in [0.717, 1.165) is 26.8 Å². The minimum atomic E-state index is -4.01. The van der Waals surface area contributed by atoms with Crippen molar-refractivity contribution in [3.05, 3.63) is 131 Å². The van der Waals surface area contributed by atoms with Gasteiger partial charge in [0.05, 0.1) is 18.0 Å². The Labute approximate surface area is 232 Å². The molecule has 0 aliphatic carbocycles. The van der Waals surface area contributed by atoms with Crippen molar-refractivity contribution in [2.45, 2.75) is 23.4 Å². The van der Waals surface area contributed by atoms with Gasteiger partial charge in [0.1, 0.15) is 11.8 Å². The molecule has 6 nitrogen and oxygen atoms in total. The second-order valence-corrected chi connectivity index (χ2v) is 11.7. The Kier molecular flexibility index (Phi) is 8.07. The van der Waals surface area contributed by atoms with E-state index in [1.165, 1.54) is 19.2 Å². The first kappa shape index (κ1) is 26.6. The first-order chi connectivity index (χ1) is 18.9. The van der Waals surface area contributed by atoms with Crippen molar-refractivity contribution < 1.29 is 17.9 Å². The van der Waals surface area contributed by atoms with Gasteiger partial charge in [-0.25, -0.2) is 8.42 Å². The number of sulfonamides is 1. The average Bonchev–Trinajstić information content (AvgIpc) is 3.39. The lowest BCUT2D eigenvalue weighted by Gasteiger charge is -2.24. The van der Waals surface area contributed by atoms with Gasteiger partial charge >= 0.3 is 0 Å². The molecule has 0 saturated carbocycles. The fourth-order valence-electron chi connectivity index (χ4n) is 4.50. The first-order valence-electron chi connectivity index (χ1n) is 12.5. The maximum Gasteiger partial charge on any atom is 0.241 e. The summed E-state index contributed by atoms with van der Waals surface area (Å²) in [6.07, 6.45) is 0.196. The quantitative estimate of drug-likeness (QED) is 0.231. The van der Waals surface area contributed by atoms with Crippen LogP contribution in [0.3, 0.4) is 0 Å². The summed E-state index contributed by atoms with van der Waals surface area (Å²) < 4.78 is 35.8. The van der Waals surface area contributed by atoms with E-state index in [9.17, 15) is 13.2 Å². The maximum absolute atomic E-state index is 13.9. The molecule has 2 N–H and O–H groups in total. The third-order valence-electron chi connectivity index (χ3n) is 6.52. The first-order valence-corrected chi connectivity index (χ1v) is 14.8. The van der Waals surface area contributed by atoms with Crippen molar-refractivity contribution in [3.8, 4) is 5.75 Å². The van der Waals surface area contributed by atoms with Gasteiger partial charge in [0.15, 0.2) is 0 Å². The molecule has 0 aliphatic rings. The summed E-state index contributed by atoms with van der Waals surface area (Å²) in [6.45, 7) is 0. The molecule has 1 unspecified atom stereocenters. The van der Waals surface area contributed by atoms with E-state index in [1.807, 2.05) is 90.3 Å². The Hall–Kier alpha value is -3.98. The van der Waals surface area contributed by atoms with E-state index in [-0.39, 0.29) is 11.3 Å². The molecule has 1 atom stereocenters. The molecule has 0 aliphatic heterocycles. The number of amides is 1. The fraction of sp³-hybridized carbons (Fsp3) is 0.129. The third kappa shape index (κ3) is 6.20. The molecule has 1 heterocycles. The topological polar surface area (TPSA) is 84.5 Å². The van der Waals surface area contributed by atoms with Crippen LogP contribution >= 0.6 is 11.3 Å². The highest BCUT2D eigenvalue weighted by molar-refractivity contribution is 7.89. The zero-order valence-electron chi connectivity index (χ0n) is 21.3. The average molecular weight is 557 g/mol. The van der Waals surface area contributed by atoms with Crippen LogP contribution < -0.4 is 14.8 Å². The fourth-order valence-corrected chi connectivity index (χ4v) is 6.67. The van der Waals surface area contributed by atoms with Crippen molar-refractivity contribution in [1.82, 2.24) is 10.0 Å². The molecule has 39 heavy (non-hydrogen) atoms. The molecule has 0 bridgehead atoms. The van der Waals surface area contributed by atoms with Crippen molar-refractivity contribution >= 4 is 37.4 Å². The smallest absolute Gasteiger partial charge is 0.241 e. The lowest BCUT2D eigenvalue weighted by atomic mass is 9.97. The van der Waals surface area contributed by atoms with Crippen LogP contribution in [0.4, 0.5) is 0 Å². The lowest BCUT2D eigenvalue weighted by Crippen LogP contribution is -2.48. The number of benzene rings is 4. The van der Waals surface area contributed by atoms with Crippen LogP contribution in [0.1, 0.15) is 22.7 Å². The Morgan fingerprint density at radius 3 is 2.03 bits per heavy atom. The number of carbonyl (C=O) groups excluding carboxylic acids is 1. The van der Waals surface area contributed by atoms with Gasteiger partial charge in [-0.2, -0.15) is 4.72 Å². The van der Waals surface area contributed by atoms with Gasteiger partial charge in [-0.1, -0.05) is 78.9 Å². The van der Waals surface area contributed by atoms with Crippen molar-refractivity contribution in [1.29, 1.82) is 0 Å². The highest BCUT2D eigenvalue weighted by Gasteiger charge is 2.29. The normalized spacial score (nSPS) is 12.4. The van der Waals surface area contributed by atoms with Crippen LogP contribution in [0.25, 0.3) is 10.1 Å². The summed E-state index contributed by atoms with van der Waals surface area (Å²) in [6, 6.07) is 31.8. The highest BCUT2D eigenvalue weighted by Crippen LogP contribution is 2.28. The lowest BCUT2D eigenvalue weighted by molar-refractivity contribution is -0.123. The molecule has 5 aromatic rings. The molecule has 1 amide bonds. The van der Waals surface area contributed by atoms with Crippen molar-refractivity contribution in [3.63, 3.8) is 0 Å². The summed E-state index contributed by atoms with van der Waals surface area (Å²) in [5, 5.41) is 6.11. The van der Waals surface area contributed by atoms with Gasteiger partial charge in [0, 0.05) is 4.70 Å². The molecule has 0 saturated heterocycles. The van der Waals surface area contributed by atoms with E-state index in [4.69, 9.17) is 4.74 Å². The van der Waals surface area contributed by atoms with Gasteiger partial charge < -0.3 is 10.1 Å². The van der Waals surface area contributed by atoms with Gasteiger partial charge in [-0.05, 0) is 64.2 Å². The predicted molar refractivity (Wildman–Crippen MR) is 156 cm³/mol. The molecular formula is C31H28N2O4S2. The summed E-state index contributed by atoms with van der Waals surface area (Å²) in [4.78, 5) is 14.0. The Morgan fingerprint density at radius 1 is 0.821 bits per heavy atom. The molecule has 1 aromatic heterocycles. The maximum atomic E-state index is 13.9. The third-order valence-corrected chi connectivity index (χ3v) is 9.02. The highest BCUT2D eigenvalue weighted by atomic mass is 32.2. The second-order valence-electron chi connectivity index (χ2n) is 9.07. The van der Waals surface area contributed by atoms with Crippen LogP contribution in [0.15, 0.2) is 119 Å². The zero-order valence-corrected chi connectivity index (χ0v) is 22.9. The summed E-state index contributed by atoms with van der Waals surface area (Å²) in [7, 11) is -2.50. The summed E-state index contributed by atoms with van der Waals surface area (Å²) in [5.74, 6) is 0.127. The van der Waals surface area contributed by atoms with Gasteiger partial charge in [0.2, 0.25) is 15.9 Å². The van der Waals surface area contributed by atoms with Gasteiger partial charge in [0.25, 0.3) is 0 Å². The molecule has 8 heteroatoms. The number of fused-ring (bicyclic) bond motifs is 1. The van der Waals surface area contributed by atoms with Crippen LogP contribution in [-0.2, 0) is 21.2 Å². The molecular weight excluding hydrogens is 528 g/mol. The van der Waals surface area contributed by atoms with Gasteiger partial charge in [-0.3, -0.25) is 4.79 Å². The number of hydrogen-bond acceptors (Lipinski definition) is 5. The van der Waals surface area contributed by atoms with E-state index in [2.05, 4.69) is 10.0 Å². The number of rotatable bonds is 10. The zero-order chi connectivity index (χ0) is 27.2. The number of nitrogens with one attached hydrogen (secondary N) is 2. The molecule has 4 aromatic carbocycles. The molecule has 0 radical (unpaired) electrons. The number of methoxy groups -OCH3 is 1. The number of hydrogen-bond donors (Lipinski definition) is 2. The minimum Gasteiger partial charge on any atom is -0.497 e. The molecule has 0 spiro atoms. The monoisotopic (exact) mass is 556 g/mol. The molecule has 0 fully saturated rings. The Bertz CT molecular complexity index is 1610. The molecule has 198 valence electrons. The summed E-state index contributed by atoms with van der Waals surface area (Å²) >= 11 is 1.57. The van der Waals surface area contributed by atoms with Crippen molar-refractivity contribution in [2.75, 3.05) is 7.11 Å². The van der Waals surface area contributed by atoms with Crippen LogP contribution in [0.2, 0.25) is 0 Å². The summed E-state index contributed by atoms with van der Waals surface area (Å²) in [5.41, 5.74) is 2.70. The van der Waals surface area contributed by atoms with E-state index in [0.29, 0.717) is 5.75 Å².